The van der Waals surface area contributed by atoms with Crippen LogP contribution in [0.5, 0.6) is 0 Å². The van der Waals surface area contributed by atoms with E-state index in [4.69, 9.17) is 9.15 Å². The summed E-state index contributed by atoms with van der Waals surface area (Å²) in [5.74, 6) is -2.19. The van der Waals surface area contributed by atoms with Crippen LogP contribution in [0.1, 0.15) is 36.0 Å². The summed E-state index contributed by atoms with van der Waals surface area (Å²) in [6.45, 7) is 4.35. The summed E-state index contributed by atoms with van der Waals surface area (Å²) >= 11 is 0. The highest BCUT2D eigenvalue weighted by molar-refractivity contribution is 5.98. The number of aromatic nitrogens is 4. The summed E-state index contributed by atoms with van der Waals surface area (Å²) < 4.78 is 25.0. The number of amides is 2. The van der Waals surface area contributed by atoms with Gasteiger partial charge in [0.1, 0.15) is 30.5 Å². The average Bonchev–Trinajstić information content (AvgIpc) is 3.39. The molecule has 12 nitrogen and oxygen atoms in total. The standard InChI is InChI=1S/C28H27FN6O6/c1-16(2)23(24(37)26-34-33-17(3)41-26)32-22(36)14-35-25(19-9-11-20(29)12-10-19)30-13-21(27(35)38)31-28(39)40-15-18-7-5-4-6-8-18/h4-13,16,23H,14-15H2,1-3H3,(H,31,39)(H,32,36)/t23-/m0/s1. The number of rotatable bonds is 10. The maximum absolute atomic E-state index is 13.6. The molecule has 2 heterocycles. The Hall–Kier alpha value is -5.20. The number of anilines is 1. The van der Waals surface area contributed by atoms with Crippen LogP contribution in [0.2, 0.25) is 0 Å². The van der Waals surface area contributed by atoms with Gasteiger partial charge in [0.25, 0.3) is 11.4 Å². The van der Waals surface area contributed by atoms with Crippen molar-refractivity contribution in [3.05, 3.63) is 94.3 Å². The average molecular weight is 563 g/mol. The third-order valence-corrected chi connectivity index (χ3v) is 5.90. The van der Waals surface area contributed by atoms with Crippen LogP contribution < -0.4 is 16.2 Å². The first-order chi connectivity index (χ1) is 19.6. The Morgan fingerprint density at radius 3 is 2.39 bits per heavy atom. The van der Waals surface area contributed by atoms with Crippen LogP contribution in [-0.4, -0.2) is 43.6 Å². The number of halogens is 1. The topological polar surface area (TPSA) is 158 Å². The first kappa shape index (κ1) is 28.8. The van der Waals surface area contributed by atoms with E-state index in [1.165, 1.54) is 31.2 Å². The second-order valence-electron chi connectivity index (χ2n) is 9.36. The van der Waals surface area contributed by atoms with Crippen molar-refractivity contribution in [2.45, 2.75) is 40.0 Å². The molecule has 0 bridgehead atoms. The fourth-order valence-corrected chi connectivity index (χ4v) is 3.85. The number of hydrogen-bond acceptors (Lipinski definition) is 9. The zero-order valence-corrected chi connectivity index (χ0v) is 22.5. The van der Waals surface area contributed by atoms with E-state index < -0.39 is 41.7 Å². The third kappa shape index (κ3) is 7.26. The van der Waals surface area contributed by atoms with Crippen molar-refractivity contribution < 1.29 is 27.9 Å². The van der Waals surface area contributed by atoms with Crippen LogP contribution >= 0.6 is 0 Å². The van der Waals surface area contributed by atoms with Gasteiger partial charge < -0.3 is 14.5 Å². The molecule has 2 aromatic carbocycles. The molecule has 4 rings (SSSR count). The normalized spacial score (nSPS) is 11.6. The van der Waals surface area contributed by atoms with Crippen LogP contribution in [0.15, 0.2) is 70.0 Å². The number of nitrogens with one attached hydrogen (secondary N) is 2. The van der Waals surface area contributed by atoms with Crippen LogP contribution in [0.25, 0.3) is 11.4 Å². The number of hydrogen-bond donors (Lipinski definition) is 2. The summed E-state index contributed by atoms with van der Waals surface area (Å²) in [6, 6.07) is 13.1. The molecule has 0 radical (unpaired) electrons. The molecule has 0 fully saturated rings. The predicted octanol–water partition coefficient (Wildman–Crippen LogP) is 3.51. The Bertz CT molecular complexity index is 1600. The van der Waals surface area contributed by atoms with Gasteiger partial charge in [0.05, 0.1) is 12.2 Å². The highest BCUT2D eigenvalue weighted by Crippen LogP contribution is 2.18. The molecule has 0 aliphatic carbocycles. The molecular formula is C28H27FN6O6. The zero-order chi connectivity index (χ0) is 29.5. The van der Waals surface area contributed by atoms with Gasteiger partial charge in [-0.2, -0.15) is 0 Å². The Kier molecular flexibility index (Phi) is 8.97. The summed E-state index contributed by atoms with van der Waals surface area (Å²) in [5, 5.41) is 12.3. The molecule has 0 unspecified atom stereocenters. The number of aryl methyl sites for hydroxylation is 1. The first-order valence-corrected chi connectivity index (χ1v) is 12.6. The van der Waals surface area contributed by atoms with E-state index >= 15 is 0 Å². The monoisotopic (exact) mass is 562 g/mol. The molecule has 2 amide bonds. The van der Waals surface area contributed by atoms with Crippen LogP contribution in [0, 0.1) is 18.7 Å². The lowest BCUT2D eigenvalue weighted by Gasteiger charge is -2.20. The molecule has 0 spiro atoms. The van der Waals surface area contributed by atoms with Gasteiger partial charge in [-0.1, -0.05) is 44.2 Å². The van der Waals surface area contributed by atoms with Crippen molar-refractivity contribution in [1.29, 1.82) is 0 Å². The Morgan fingerprint density at radius 1 is 1.05 bits per heavy atom. The largest absolute Gasteiger partial charge is 0.444 e. The van der Waals surface area contributed by atoms with Gasteiger partial charge in [-0.05, 0) is 35.7 Å². The van der Waals surface area contributed by atoms with Gasteiger partial charge in [-0.15, -0.1) is 10.2 Å². The van der Waals surface area contributed by atoms with Crippen molar-refractivity contribution in [3.8, 4) is 11.4 Å². The van der Waals surface area contributed by atoms with Gasteiger partial charge in [0.15, 0.2) is 0 Å². The predicted molar refractivity (Wildman–Crippen MR) is 144 cm³/mol. The number of benzene rings is 2. The maximum atomic E-state index is 13.6. The number of carbonyl (C=O) groups excluding carboxylic acids is 3. The summed E-state index contributed by atoms with van der Waals surface area (Å²) in [7, 11) is 0. The molecule has 0 aliphatic heterocycles. The van der Waals surface area contributed by atoms with E-state index in [2.05, 4.69) is 25.8 Å². The summed E-state index contributed by atoms with van der Waals surface area (Å²) in [6.07, 6.45) is 0.219. The molecule has 0 saturated heterocycles. The minimum absolute atomic E-state index is 0.0332. The number of ether oxygens (including phenoxy) is 1. The lowest BCUT2D eigenvalue weighted by molar-refractivity contribution is -0.122. The van der Waals surface area contributed by atoms with E-state index in [9.17, 15) is 23.6 Å². The zero-order valence-electron chi connectivity index (χ0n) is 22.5. The number of carbonyl (C=O) groups is 3. The van der Waals surface area contributed by atoms with Crippen molar-refractivity contribution >= 4 is 23.5 Å². The number of nitrogens with zero attached hydrogens (tertiary/aromatic N) is 4. The molecule has 0 aliphatic rings. The lowest BCUT2D eigenvalue weighted by Crippen LogP contribution is -2.46. The van der Waals surface area contributed by atoms with Gasteiger partial charge in [-0.25, -0.2) is 14.2 Å². The van der Waals surface area contributed by atoms with Crippen molar-refractivity contribution in [2.75, 3.05) is 5.32 Å². The first-order valence-electron chi connectivity index (χ1n) is 12.6. The number of Topliss-reactive ketones (excluding diaryl/α,β-unsaturated/α-hetero) is 1. The van der Waals surface area contributed by atoms with Crippen molar-refractivity contribution in [1.82, 2.24) is 25.1 Å². The van der Waals surface area contributed by atoms with Crippen molar-refractivity contribution in [2.24, 2.45) is 5.92 Å². The lowest BCUT2D eigenvalue weighted by atomic mass is 9.99. The van der Waals surface area contributed by atoms with Gasteiger partial charge in [0.2, 0.25) is 17.6 Å². The van der Waals surface area contributed by atoms with Crippen LogP contribution in [0.3, 0.4) is 0 Å². The van der Waals surface area contributed by atoms with Gasteiger partial charge in [0, 0.05) is 12.5 Å². The maximum Gasteiger partial charge on any atom is 0.412 e. The van der Waals surface area contributed by atoms with Gasteiger partial charge >= 0.3 is 6.09 Å². The Labute approximate surface area is 233 Å². The molecule has 2 aromatic heterocycles. The molecule has 212 valence electrons. The summed E-state index contributed by atoms with van der Waals surface area (Å²) in [4.78, 5) is 56.2. The fourth-order valence-electron chi connectivity index (χ4n) is 3.85. The summed E-state index contributed by atoms with van der Waals surface area (Å²) in [5.41, 5.74) is 0.0596. The van der Waals surface area contributed by atoms with Gasteiger partial charge in [-0.3, -0.25) is 24.3 Å². The second-order valence-corrected chi connectivity index (χ2v) is 9.36. The molecule has 13 heteroatoms. The third-order valence-electron chi connectivity index (χ3n) is 5.90. The minimum Gasteiger partial charge on any atom is -0.444 e. The Morgan fingerprint density at radius 2 is 1.76 bits per heavy atom. The van der Waals surface area contributed by atoms with E-state index in [0.717, 1.165) is 16.3 Å². The number of ketones is 1. The molecular weight excluding hydrogens is 535 g/mol. The molecule has 0 saturated carbocycles. The highest BCUT2D eigenvalue weighted by Gasteiger charge is 2.30. The SMILES string of the molecule is Cc1nnc(C(=O)[C@@H](NC(=O)Cn2c(-c3ccc(F)cc3)ncc(NC(=O)OCc3ccccc3)c2=O)C(C)C)o1. The minimum atomic E-state index is -1.03. The van der Waals surface area contributed by atoms with Crippen LogP contribution in [0.4, 0.5) is 14.9 Å². The molecule has 1 atom stereocenters. The van der Waals surface area contributed by atoms with Crippen molar-refractivity contribution in [3.63, 3.8) is 0 Å². The second kappa shape index (κ2) is 12.8. The van der Waals surface area contributed by atoms with Crippen LogP contribution in [-0.2, 0) is 22.7 Å². The molecule has 2 N–H and O–H groups in total. The highest BCUT2D eigenvalue weighted by atomic mass is 19.1. The fraction of sp³-hybridized carbons (Fsp3) is 0.250. The van der Waals surface area contributed by atoms with E-state index in [1.54, 1.807) is 38.1 Å². The van der Waals surface area contributed by atoms with E-state index in [1.807, 2.05) is 6.07 Å². The quantitative estimate of drug-likeness (QED) is 0.276. The molecule has 4 aromatic rings. The van der Waals surface area contributed by atoms with E-state index in [-0.39, 0.29) is 35.8 Å². The smallest absolute Gasteiger partial charge is 0.412 e. The Balaban J connectivity index is 1.59. The molecule has 41 heavy (non-hydrogen) atoms. The van der Waals surface area contributed by atoms with E-state index in [0.29, 0.717) is 5.56 Å².